The van der Waals surface area contributed by atoms with Crippen molar-refractivity contribution in [3.63, 3.8) is 0 Å². The summed E-state index contributed by atoms with van der Waals surface area (Å²) < 4.78 is 14.0. The molecule has 1 aromatic carbocycles. The van der Waals surface area contributed by atoms with Gasteiger partial charge >= 0.3 is 0 Å². The van der Waals surface area contributed by atoms with Gasteiger partial charge in [0.2, 0.25) is 0 Å². The summed E-state index contributed by atoms with van der Waals surface area (Å²) in [4.78, 5) is 11.1. The molecule has 66 valence electrons. The van der Waals surface area contributed by atoms with E-state index in [2.05, 4.69) is 15.9 Å². The van der Waals surface area contributed by atoms with Crippen LogP contribution in [0.5, 0.6) is 0 Å². The minimum Gasteiger partial charge on any atom is -0.294 e. The fraction of sp³-hybridized carbons (Fsp3) is 0.100. The van der Waals surface area contributed by atoms with Crippen molar-refractivity contribution >= 4 is 27.8 Å². The predicted molar refractivity (Wildman–Crippen MR) is 51.8 cm³/mol. The molecule has 0 spiro atoms. The number of hydrogen-bond donors (Lipinski definition) is 0. The lowest BCUT2D eigenvalue weighted by Gasteiger charge is -2.11. The Morgan fingerprint density at radius 2 is 2.08 bits per heavy atom. The maximum absolute atomic E-state index is 13.2. The molecule has 1 aliphatic rings. The van der Waals surface area contributed by atoms with Gasteiger partial charge in [-0.15, -0.1) is 0 Å². The molecule has 1 aromatic rings. The molecular weight excluding hydrogens is 235 g/mol. The van der Waals surface area contributed by atoms with Crippen LogP contribution in [0.4, 0.5) is 4.39 Å². The van der Waals surface area contributed by atoms with E-state index in [-0.39, 0.29) is 18.0 Å². The fourth-order valence-corrected chi connectivity index (χ4v) is 1.86. The van der Waals surface area contributed by atoms with Crippen LogP contribution >= 0.6 is 15.9 Å². The number of halogens is 2. The largest absolute Gasteiger partial charge is 0.294 e. The molecule has 0 saturated heterocycles. The number of benzene rings is 1. The van der Waals surface area contributed by atoms with E-state index in [0.29, 0.717) is 5.56 Å². The SMILES string of the molecule is O=C1C=Cc2c(F)ccc(Br)c2C1. The molecule has 0 aliphatic heterocycles. The van der Waals surface area contributed by atoms with Gasteiger partial charge in [-0.2, -0.15) is 0 Å². The highest BCUT2D eigenvalue weighted by Crippen LogP contribution is 2.27. The summed E-state index contributed by atoms with van der Waals surface area (Å²) in [6.45, 7) is 0. The second-order valence-electron chi connectivity index (χ2n) is 2.90. The molecule has 0 amide bonds. The van der Waals surface area contributed by atoms with Crippen molar-refractivity contribution in [1.82, 2.24) is 0 Å². The Labute approximate surface area is 83.4 Å². The lowest BCUT2D eigenvalue weighted by atomic mass is 9.96. The van der Waals surface area contributed by atoms with Gasteiger partial charge in [-0.3, -0.25) is 4.79 Å². The third kappa shape index (κ3) is 1.44. The Morgan fingerprint density at radius 3 is 2.85 bits per heavy atom. The van der Waals surface area contributed by atoms with Gasteiger partial charge in [0.25, 0.3) is 0 Å². The van der Waals surface area contributed by atoms with Gasteiger partial charge in [-0.25, -0.2) is 4.39 Å². The number of rotatable bonds is 0. The molecule has 2 rings (SSSR count). The van der Waals surface area contributed by atoms with Crippen molar-refractivity contribution in [3.05, 3.63) is 39.6 Å². The van der Waals surface area contributed by atoms with Gasteiger partial charge in [0.1, 0.15) is 5.82 Å². The van der Waals surface area contributed by atoms with Gasteiger partial charge in [0.15, 0.2) is 5.78 Å². The van der Waals surface area contributed by atoms with E-state index in [1.165, 1.54) is 18.2 Å². The smallest absolute Gasteiger partial charge is 0.160 e. The highest BCUT2D eigenvalue weighted by Gasteiger charge is 2.16. The summed E-state index contributed by atoms with van der Waals surface area (Å²) in [5.41, 5.74) is 1.27. The first-order valence-electron chi connectivity index (χ1n) is 3.86. The van der Waals surface area contributed by atoms with E-state index in [9.17, 15) is 9.18 Å². The number of carbonyl (C=O) groups is 1. The van der Waals surface area contributed by atoms with Crippen molar-refractivity contribution in [2.24, 2.45) is 0 Å². The van der Waals surface area contributed by atoms with Crippen molar-refractivity contribution in [3.8, 4) is 0 Å². The zero-order valence-corrected chi connectivity index (χ0v) is 8.27. The van der Waals surface area contributed by atoms with Crippen LogP contribution < -0.4 is 0 Å². The first-order chi connectivity index (χ1) is 6.18. The number of ketones is 1. The molecule has 1 nitrogen and oxygen atoms in total. The average molecular weight is 241 g/mol. The Morgan fingerprint density at radius 1 is 1.31 bits per heavy atom. The predicted octanol–water partition coefficient (Wildman–Crippen LogP) is 2.73. The second kappa shape index (κ2) is 3.07. The van der Waals surface area contributed by atoms with Crippen LogP contribution in [-0.4, -0.2) is 5.78 Å². The summed E-state index contributed by atoms with van der Waals surface area (Å²) >= 11 is 3.29. The van der Waals surface area contributed by atoms with E-state index in [4.69, 9.17) is 0 Å². The maximum atomic E-state index is 13.2. The standard InChI is InChI=1S/C10H6BrFO/c11-9-3-4-10(12)7-2-1-6(13)5-8(7)9/h1-4H,5H2. The minimum absolute atomic E-state index is 0.0128. The summed E-state index contributed by atoms with van der Waals surface area (Å²) in [6, 6.07) is 3.02. The number of allylic oxidation sites excluding steroid dienone is 1. The van der Waals surface area contributed by atoms with Crippen LogP contribution in [0.3, 0.4) is 0 Å². The zero-order valence-electron chi connectivity index (χ0n) is 6.68. The zero-order chi connectivity index (χ0) is 9.42. The lowest BCUT2D eigenvalue weighted by molar-refractivity contribution is -0.114. The molecule has 0 heterocycles. The molecule has 3 heteroatoms. The molecule has 0 fully saturated rings. The number of fused-ring (bicyclic) bond motifs is 1. The summed E-state index contributed by atoms with van der Waals surface area (Å²) in [5.74, 6) is -0.263. The average Bonchev–Trinajstić information content (AvgIpc) is 2.12. The first-order valence-corrected chi connectivity index (χ1v) is 4.65. The molecular formula is C10H6BrFO. The van der Waals surface area contributed by atoms with Crippen molar-refractivity contribution in [2.75, 3.05) is 0 Å². The summed E-state index contributed by atoms with van der Waals surface area (Å²) in [5, 5.41) is 0. The molecule has 0 saturated carbocycles. The topological polar surface area (TPSA) is 17.1 Å². The van der Waals surface area contributed by atoms with Crippen LogP contribution in [0, 0.1) is 5.82 Å². The van der Waals surface area contributed by atoms with Gasteiger partial charge in [-0.1, -0.05) is 15.9 Å². The molecule has 0 radical (unpaired) electrons. The van der Waals surface area contributed by atoms with E-state index >= 15 is 0 Å². The number of carbonyl (C=O) groups excluding carboxylic acids is 1. The number of hydrogen-bond acceptors (Lipinski definition) is 1. The quantitative estimate of drug-likeness (QED) is 0.682. The molecule has 0 atom stereocenters. The summed E-state index contributed by atoms with van der Waals surface area (Å²) in [7, 11) is 0. The summed E-state index contributed by atoms with van der Waals surface area (Å²) in [6.07, 6.45) is 3.23. The van der Waals surface area contributed by atoms with Crippen LogP contribution in [0.1, 0.15) is 11.1 Å². The van der Waals surface area contributed by atoms with Gasteiger partial charge in [0.05, 0.1) is 0 Å². The Hall–Kier alpha value is -0.960. The molecule has 13 heavy (non-hydrogen) atoms. The van der Waals surface area contributed by atoms with E-state index in [0.717, 1.165) is 10.0 Å². The van der Waals surface area contributed by atoms with Crippen molar-refractivity contribution in [2.45, 2.75) is 6.42 Å². The molecule has 0 N–H and O–H groups in total. The van der Waals surface area contributed by atoms with E-state index in [1.807, 2.05) is 0 Å². The second-order valence-corrected chi connectivity index (χ2v) is 3.75. The highest BCUT2D eigenvalue weighted by atomic mass is 79.9. The van der Waals surface area contributed by atoms with Crippen molar-refractivity contribution < 1.29 is 9.18 Å². The third-order valence-electron chi connectivity index (χ3n) is 2.03. The Balaban J connectivity index is 2.67. The van der Waals surface area contributed by atoms with Crippen LogP contribution in [0.25, 0.3) is 6.08 Å². The lowest BCUT2D eigenvalue weighted by Crippen LogP contribution is -2.07. The fourth-order valence-electron chi connectivity index (χ4n) is 1.38. The molecule has 0 bridgehead atoms. The Bertz CT molecular complexity index is 410. The Kier molecular flexibility index (Phi) is 2.04. The molecule has 0 unspecified atom stereocenters. The third-order valence-corrected chi connectivity index (χ3v) is 2.78. The maximum Gasteiger partial charge on any atom is 0.160 e. The van der Waals surface area contributed by atoms with Gasteiger partial charge < -0.3 is 0 Å². The molecule has 0 aromatic heterocycles. The van der Waals surface area contributed by atoms with Gasteiger partial charge in [0, 0.05) is 16.5 Å². The minimum atomic E-state index is -0.276. The first kappa shape index (κ1) is 8.63. The van der Waals surface area contributed by atoms with Crippen LogP contribution in [0.15, 0.2) is 22.7 Å². The van der Waals surface area contributed by atoms with E-state index < -0.39 is 0 Å². The molecule has 1 aliphatic carbocycles. The normalized spacial score (nSPS) is 14.5. The van der Waals surface area contributed by atoms with Gasteiger partial charge in [-0.05, 0) is 29.8 Å². The highest BCUT2D eigenvalue weighted by molar-refractivity contribution is 9.10. The van der Waals surface area contributed by atoms with E-state index in [1.54, 1.807) is 6.07 Å². The monoisotopic (exact) mass is 240 g/mol. The van der Waals surface area contributed by atoms with Crippen molar-refractivity contribution in [1.29, 1.82) is 0 Å². The van der Waals surface area contributed by atoms with Crippen LogP contribution in [0.2, 0.25) is 0 Å². The van der Waals surface area contributed by atoms with Crippen LogP contribution in [-0.2, 0) is 11.2 Å².